The molecule has 1 N–H and O–H groups in total. The van der Waals surface area contributed by atoms with Gasteiger partial charge < -0.3 is 14.4 Å². The van der Waals surface area contributed by atoms with Crippen LogP contribution in [0.25, 0.3) is 11.5 Å². The van der Waals surface area contributed by atoms with Crippen LogP contribution in [-0.4, -0.2) is 37.8 Å². The summed E-state index contributed by atoms with van der Waals surface area (Å²) in [5, 5.41) is 12.1. The van der Waals surface area contributed by atoms with Crippen molar-refractivity contribution in [3.05, 3.63) is 24.0 Å². The quantitative estimate of drug-likeness (QED) is 0.813. The summed E-state index contributed by atoms with van der Waals surface area (Å²) in [6.07, 6.45) is 1.59. The summed E-state index contributed by atoms with van der Waals surface area (Å²) in [4.78, 5) is 22.4. The van der Waals surface area contributed by atoms with Gasteiger partial charge in [-0.05, 0) is 13.0 Å². The van der Waals surface area contributed by atoms with E-state index in [0.29, 0.717) is 17.3 Å². The second-order valence-electron chi connectivity index (χ2n) is 3.39. The Kier molecular flexibility index (Phi) is 3.58. The number of aliphatic carboxylic acids is 1. The minimum atomic E-state index is -1.05. The second kappa shape index (κ2) is 5.32. The van der Waals surface area contributed by atoms with Gasteiger partial charge in [-0.1, -0.05) is 5.16 Å². The van der Waals surface area contributed by atoms with Gasteiger partial charge in [-0.3, -0.25) is 0 Å². The van der Waals surface area contributed by atoms with Crippen molar-refractivity contribution in [1.29, 1.82) is 0 Å². The molecule has 0 aliphatic rings. The standard InChI is InChI=1S/C10H10N4O4/c1-6-11-3-2-7(12-6)10-13-8(18-14-10)4-17-5-9(15)16/h2-3H,4-5H2,1H3,(H,15,16). The van der Waals surface area contributed by atoms with E-state index in [9.17, 15) is 4.79 Å². The average Bonchev–Trinajstić information content (AvgIpc) is 2.77. The maximum absolute atomic E-state index is 10.2. The predicted octanol–water partition coefficient (Wildman–Crippen LogP) is 0.436. The van der Waals surface area contributed by atoms with Crippen LogP contribution in [0.2, 0.25) is 0 Å². The lowest BCUT2D eigenvalue weighted by Crippen LogP contribution is -2.06. The van der Waals surface area contributed by atoms with Gasteiger partial charge in [-0.15, -0.1) is 0 Å². The van der Waals surface area contributed by atoms with Gasteiger partial charge in [0.1, 0.15) is 24.7 Å². The molecule has 0 atom stereocenters. The molecule has 0 aliphatic heterocycles. The Morgan fingerprint density at radius 3 is 3.06 bits per heavy atom. The van der Waals surface area contributed by atoms with E-state index in [1.807, 2.05) is 0 Å². The summed E-state index contributed by atoms with van der Waals surface area (Å²) in [6, 6.07) is 1.65. The molecule has 2 rings (SSSR count). The smallest absolute Gasteiger partial charge is 0.329 e. The number of ether oxygens (including phenoxy) is 1. The lowest BCUT2D eigenvalue weighted by atomic mass is 10.4. The number of hydrogen-bond acceptors (Lipinski definition) is 7. The highest BCUT2D eigenvalue weighted by molar-refractivity contribution is 5.67. The third-order valence-electron chi connectivity index (χ3n) is 1.92. The molecule has 0 spiro atoms. The van der Waals surface area contributed by atoms with E-state index in [1.54, 1.807) is 19.2 Å². The van der Waals surface area contributed by atoms with Crippen molar-refractivity contribution >= 4 is 5.97 Å². The van der Waals surface area contributed by atoms with Crippen LogP contribution in [0.3, 0.4) is 0 Å². The third kappa shape index (κ3) is 3.08. The summed E-state index contributed by atoms with van der Waals surface area (Å²) >= 11 is 0. The zero-order chi connectivity index (χ0) is 13.0. The van der Waals surface area contributed by atoms with Crippen LogP contribution in [0.1, 0.15) is 11.7 Å². The Labute approximate surface area is 102 Å². The number of aryl methyl sites for hydroxylation is 1. The third-order valence-corrected chi connectivity index (χ3v) is 1.92. The molecule has 0 aromatic carbocycles. The first kappa shape index (κ1) is 12.1. The molecule has 18 heavy (non-hydrogen) atoms. The summed E-state index contributed by atoms with van der Waals surface area (Å²) in [5.41, 5.74) is 0.538. The van der Waals surface area contributed by atoms with Crippen LogP contribution >= 0.6 is 0 Å². The van der Waals surface area contributed by atoms with E-state index < -0.39 is 12.6 Å². The molecule has 8 nitrogen and oxygen atoms in total. The fourth-order valence-corrected chi connectivity index (χ4v) is 1.22. The molecule has 0 unspecified atom stereocenters. The molecular formula is C10H10N4O4. The molecular weight excluding hydrogens is 240 g/mol. The molecule has 0 saturated carbocycles. The number of carboxylic acids is 1. The van der Waals surface area contributed by atoms with Gasteiger partial charge in [0.15, 0.2) is 0 Å². The average molecular weight is 250 g/mol. The number of carboxylic acid groups (broad SMARTS) is 1. The molecule has 0 bridgehead atoms. The van der Waals surface area contributed by atoms with Gasteiger partial charge in [0.25, 0.3) is 5.89 Å². The zero-order valence-electron chi connectivity index (χ0n) is 9.53. The largest absolute Gasteiger partial charge is 0.480 e. The minimum Gasteiger partial charge on any atom is -0.480 e. The summed E-state index contributed by atoms with van der Waals surface area (Å²) in [6.45, 7) is 1.29. The number of hydrogen-bond donors (Lipinski definition) is 1. The maximum atomic E-state index is 10.2. The van der Waals surface area contributed by atoms with Gasteiger partial charge >= 0.3 is 5.97 Å². The summed E-state index contributed by atoms with van der Waals surface area (Å²) in [5.74, 6) is 0.0547. The molecule has 94 valence electrons. The molecule has 0 saturated heterocycles. The Morgan fingerprint density at radius 1 is 1.50 bits per heavy atom. The van der Waals surface area contributed by atoms with Gasteiger partial charge in [0.2, 0.25) is 5.82 Å². The fourth-order valence-electron chi connectivity index (χ4n) is 1.22. The SMILES string of the molecule is Cc1nccc(-c2noc(COCC(=O)O)n2)n1. The lowest BCUT2D eigenvalue weighted by Gasteiger charge is -1.95. The zero-order valence-corrected chi connectivity index (χ0v) is 9.53. The lowest BCUT2D eigenvalue weighted by molar-refractivity contribution is -0.142. The number of carbonyl (C=O) groups is 1. The van der Waals surface area contributed by atoms with Crippen LogP contribution in [0, 0.1) is 6.92 Å². The number of nitrogens with zero attached hydrogens (tertiary/aromatic N) is 4. The van der Waals surface area contributed by atoms with E-state index in [2.05, 4.69) is 20.1 Å². The highest BCUT2D eigenvalue weighted by atomic mass is 16.5. The van der Waals surface area contributed by atoms with Crippen molar-refractivity contribution in [3.8, 4) is 11.5 Å². The van der Waals surface area contributed by atoms with Gasteiger partial charge in [0, 0.05) is 6.20 Å². The molecule has 2 heterocycles. The van der Waals surface area contributed by atoms with E-state index in [4.69, 9.17) is 14.4 Å². The first-order valence-electron chi connectivity index (χ1n) is 5.07. The monoisotopic (exact) mass is 250 g/mol. The van der Waals surface area contributed by atoms with Gasteiger partial charge in [-0.25, -0.2) is 14.8 Å². The van der Waals surface area contributed by atoms with Crippen molar-refractivity contribution < 1.29 is 19.2 Å². The highest BCUT2D eigenvalue weighted by Gasteiger charge is 2.10. The van der Waals surface area contributed by atoms with Crippen LogP contribution < -0.4 is 0 Å². The molecule has 0 fully saturated rings. The highest BCUT2D eigenvalue weighted by Crippen LogP contribution is 2.12. The van der Waals surface area contributed by atoms with Gasteiger partial charge in [0.05, 0.1) is 0 Å². The maximum Gasteiger partial charge on any atom is 0.329 e. The van der Waals surface area contributed by atoms with Crippen molar-refractivity contribution in [2.45, 2.75) is 13.5 Å². The second-order valence-corrected chi connectivity index (χ2v) is 3.39. The molecule has 0 radical (unpaired) electrons. The van der Waals surface area contributed by atoms with E-state index in [1.165, 1.54) is 0 Å². The fraction of sp³-hybridized carbons (Fsp3) is 0.300. The van der Waals surface area contributed by atoms with E-state index in [-0.39, 0.29) is 12.5 Å². The molecule has 2 aromatic rings. The van der Waals surface area contributed by atoms with Crippen molar-refractivity contribution in [3.63, 3.8) is 0 Å². The van der Waals surface area contributed by atoms with Crippen LogP contribution in [0.4, 0.5) is 0 Å². The first-order valence-corrected chi connectivity index (χ1v) is 5.07. The minimum absolute atomic E-state index is 0.0522. The van der Waals surface area contributed by atoms with E-state index >= 15 is 0 Å². The Morgan fingerprint density at radius 2 is 2.33 bits per heavy atom. The summed E-state index contributed by atoms with van der Waals surface area (Å²) in [7, 11) is 0. The first-order chi connectivity index (χ1) is 8.65. The topological polar surface area (TPSA) is 111 Å². The van der Waals surface area contributed by atoms with Crippen LogP contribution in [0.5, 0.6) is 0 Å². The van der Waals surface area contributed by atoms with Gasteiger partial charge in [-0.2, -0.15) is 4.98 Å². The Balaban J connectivity index is 2.04. The molecule has 2 aromatic heterocycles. The van der Waals surface area contributed by atoms with Crippen LogP contribution in [-0.2, 0) is 16.1 Å². The number of rotatable bonds is 5. The number of aromatic nitrogens is 4. The Bertz CT molecular complexity index is 554. The molecule has 0 amide bonds. The Hall–Kier alpha value is -2.35. The van der Waals surface area contributed by atoms with Crippen molar-refractivity contribution in [1.82, 2.24) is 20.1 Å². The van der Waals surface area contributed by atoms with E-state index in [0.717, 1.165) is 0 Å². The normalized spacial score (nSPS) is 10.5. The summed E-state index contributed by atoms with van der Waals surface area (Å²) < 4.78 is 9.73. The molecule has 0 aliphatic carbocycles. The predicted molar refractivity (Wildman–Crippen MR) is 57.4 cm³/mol. The van der Waals surface area contributed by atoms with Crippen molar-refractivity contribution in [2.24, 2.45) is 0 Å². The van der Waals surface area contributed by atoms with Crippen molar-refractivity contribution in [2.75, 3.05) is 6.61 Å². The van der Waals surface area contributed by atoms with Crippen LogP contribution in [0.15, 0.2) is 16.8 Å². The molecule has 8 heteroatoms.